The number of nitrogens with one attached hydrogen (secondary N) is 1. The van der Waals surface area contributed by atoms with E-state index in [-0.39, 0.29) is 0 Å². The number of aromatic nitrogens is 1. The number of nitrogens with zero attached hydrogens (tertiary/aromatic N) is 2. The Hall–Kier alpha value is -1.52. The second kappa shape index (κ2) is 8.01. The number of likely N-dealkylation sites (tertiary alicyclic amines) is 1. The van der Waals surface area contributed by atoms with Crippen LogP contribution in [0.15, 0.2) is 12.1 Å². The summed E-state index contributed by atoms with van der Waals surface area (Å²) in [7, 11) is 0. The molecule has 26 heavy (non-hydrogen) atoms. The number of pyridine rings is 1. The van der Waals surface area contributed by atoms with Crippen molar-refractivity contribution in [3.63, 3.8) is 0 Å². The van der Waals surface area contributed by atoms with Crippen LogP contribution in [0, 0.1) is 6.92 Å². The van der Waals surface area contributed by atoms with E-state index in [0.717, 1.165) is 66.7 Å². The van der Waals surface area contributed by atoms with E-state index < -0.39 is 0 Å². The van der Waals surface area contributed by atoms with E-state index >= 15 is 0 Å². The molecule has 1 aromatic carbocycles. The topological polar surface area (TPSA) is 37.4 Å². The van der Waals surface area contributed by atoms with Gasteiger partial charge in [0, 0.05) is 35.8 Å². The Morgan fingerprint density at radius 1 is 1.19 bits per heavy atom. The van der Waals surface area contributed by atoms with Crippen LogP contribution in [0.5, 0.6) is 5.75 Å². The highest BCUT2D eigenvalue weighted by Gasteiger charge is 2.17. The summed E-state index contributed by atoms with van der Waals surface area (Å²) in [6.45, 7) is 7.49. The molecule has 0 saturated carbocycles. The highest BCUT2D eigenvalue weighted by atomic mass is 35.5. The maximum absolute atomic E-state index is 6.49. The number of hydrogen-bond acceptors (Lipinski definition) is 4. The van der Waals surface area contributed by atoms with Crippen LogP contribution in [0.4, 0.5) is 5.69 Å². The van der Waals surface area contributed by atoms with Gasteiger partial charge in [-0.2, -0.15) is 0 Å². The van der Waals surface area contributed by atoms with Crippen LogP contribution in [-0.2, 0) is 6.42 Å². The van der Waals surface area contributed by atoms with Crippen molar-refractivity contribution >= 4 is 28.2 Å². The van der Waals surface area contributed by atoms with Crippen molar-refractivity contribution in [2.75, 3.05) is 38.1 Å². The number of fused-ring (bicyclic) bond motifs is 3. The minimum Gasteiger partial charge on any atom is -0.493 e. The van der Waals surface area contributed by atoms with E-state index in [1.807, 2.05) is 0 Å². The lowest BCUT2D eigenvalue weighted by Crippen LogP contribution is -2.21. The first-order valence-corrected chi connectivity index (χ1v) is 10.3. The molecule has 1 N–H and O–H groups in total. The van der Waals surface area contributed by atoms with Crippen molar-refractivity contribution in [2.24, 2.45) is 0 Å². The molecule has 0 bridgehead atoms. The first-order chi connectivity index (χ1) is 12.7. The Labute approximate surface area is 160 Å². The lowest BCUT2D eigenvalue weighted by molar-refractivity contribution is 0.262. The summed E-state index contributed by atoms with van der Waals surface area (Å²) in [4.78, 5) is 7.19. The summed E-state index contributed by atoms with van der Waals surface area (Å²) in [5.41, 5.74) is 4.41. The van der Waals surface area contributed by atoms with Crippen molar-refractivity contribution in [1.82, 2.24) is 9.88 Å². The van der Waals surface area contributed by atoms with Gasteiger partial charge in [0.15, 0.2) is 0 Å². The normalized spacial score (nSPS) is 17.8. The zero-order chi connectivity index (χ0) is 17.9. The van der Waals surface area contributed by atoms with E-state index in [0.29, 0.717) is 5.15 Å². The summed E-state index contributed by atoms with van der Waals surface area (Å²) >= 11 is 6.49. The Kier molecular flexibility index (Phi) is 5.51. The Morgan fingerprint density at radius 2 is 2.04 bits per heavy atom. The fourth-order valence-corrected chi connectivity index (χ4v) is 4.39. The highest BCUT2D eigenvalue weighted by molar-refractivity contribution is 6.31. The Bertz CT molecular complexity index is 787. The van der Waals surface area contributed by atoms with E-state index in [2.05, 4.69) is 34.3 Å². The fraction of sp³-hybridized carbons (Fsp3) is 0.571. The minimum absolute atomic E-state index is 0.630. The number of aryl methyl sites for hydroxylation is 1. The minimum atomic E-state index is 0.630. The number of rotatable bonds is 5. The SMILES string of the molecule is Cc1cc2c3c(c(Cl)nc2cc1OCCCN1CCCC1)CCCCN3. The second-order valence-electron chi connectivity index (χ2n) is 7.53. The van der Waals surface area contributed by atoms with Gasteiger partial charge >= 0.3 is 0 Å². The summed E-state index contributed by atoms with van der Waals surface area (Å²) in [5.74, 6) is 0.927. The molecule has 4 nitrogen and oxygen atoms in total. The lowest BCUT2D eigenvalue weighted by Gasteiger charge is -2.17. The summed E-state index contributed by atoms with van der Waals surface area (Å²) < 4.78 is 6.08. The number of halogens is 1. The zero-order valence-corrected chi connectivity index (χ0v) is 16.4. The third-order valence-corrected chi connectivity index (χ3v) is 5.87. The quantitative estimate of drug-likeness (QED) is 0.602. The van der Waals surface area contributed by atoms with Crippen LogP contribution in [-0.4, -0.2) is 42.7 Å². The number of anilines is 1. The molecular formula is C21H28ClN3O. The van der Waals surface area contributed by atoms with Gasteiger partial charge < -0.3 is 15.0 Å². The summed E-state index contributed by atoms with van der Waals surface area (Å²) in [5, 5.41) is 5.36. The van der Waals surface area contributed by atoms with Crippen LogP contribution in [0.2, 0.25) is 5.15 Å². The number of benzene rings is 1. The third-order valence-electron chi connectivity index (χ3n) is 5.56. The van der Waals surface area contributed by atoms with Crippen LogP contribution in [0.1, 0.15) is 43.2 Å². The predicted octanol–water partition coefficient (Wildman–Crippen LogP) is 4.81. The van der Waals surface area contributed by atoms with E-state index in [4.69, 9.17) is 16.3 Å². The van der Waals surface area contributed by atoms with Gasteiger partial charge in [0.1, 0.15) is 10.9 Å². The van der Waals surface area contributed by atoms with Crippen molar-refractivity contribution in [3.8, 4) is 5.75 Å². The summed E-state index contributed by atoms with van der Waals surface area (Å²) in [6.07, 6.45) is 7.08. The van der Waals surface area contributed by atoms with Crippen molar-refractivity contribution < 1.29 is 4.74 Å². The average molecular weight is 374 g/mol. The smallest absolute Gasteiger partial charge is 0.135 e. The maximum atomic E-state index is 6.49. The van der Waals surface area contributed by atoms with Crippen molar-refractivity contribution in [2.45, 2.75) is 45.4 Å². The molecule has 2 aliphatic rings. The summed E-state index contributed by atoms with van der Waals surface area (Å²) in [6, 6.07) is 4.25. The lowest BCUT2D eigenvalue weighted by atomic mass is 10.0. The van der Waals surface area contributed by atoms with Gasteiger partial charge in [-0.15, -0.1) is 0 Å². The molecule has 1 saturated heterocycles. The van der Waals surface area contributed by atoms with Gasteiger partial charge in [0.05, 0.1) is 12.1 Å². The molecule has 0 spiro atoms. The van der Waals surface area contributed by atoms with Gasteiger partial charge in [-0.3, -0.25) is 0 Å². The zero-order valence-electron chi connectivity index (χ0n) is 15.6. The van der Waals surface area contributed by atoms with Crippen LogP contribution >= 0.6 is 11.6 Å². The molecule has 0 radical (unpaired) electrons. The predicted molar refractivity (Wildman–Crippen MR) is 109 cm³/mol. The van der Waals surface area contributed by atoms with Gasteiger partial charge in [0.2, 0.25) is 0 Å². The fourth-order valence-electron chi connectivity index (χ4n) is 4.11. The number of ether oxygens (including phenoxy) is 1. The second-order valence-corrected chi connectivity index (χ2v) is 7.88. The molecule has 1 fully saturated rings. The molecule has 0 aliphatic carbocycles. The maximum Gasteiger partial charge on any atom is 0.135 e. The Morgan fingerprint density at radius 3 is 2.88 bits per heavy atom. The molecule has 5 heteroatoms. The Balaban J connectivity index is 1.52. The monoisotopic (exact) mass is 373 g/mol. The van der Waals surface area contributed by atoms with Crippen LogP contribution in [0.25, 0.3) is 10.9 Å². The molecule has 4 rings (SSSR count). The van der Waals surface area contributed by atoms with Crippen LogP contribution in [0.3, 0.4) is 0 Å². The number of hydrogen-bond donors (Lipinski definition) is 1. The standard InChI is InChI=1S/C21H28ClN3O/c1-15-13-17-18(24-21(22)16-7-2-3-8-23-20(16)17)14-19(15)26-12-6-11-25-9-4-5-10-25/h13-14,23H,2-12H2,1H3. The molecule has 0 atom stereocenters. The average Bonchev–Trinajstić information content (AvgIpc) is 3.02. The largest absolute Gasteiger partial charge is 0.493 e. The molecule has 0 amide bonds. The molecule has 2 aromatic rings. The van der Waals surface area contributed by atoms with E-state index in [1.54, 1.807) is 0 Å². The molecule has 0 unspecified atom stereocenters. The molecular weight excluding hydrogens is 346 g/mol. The molecule has 3 heterocycles. The van der Waals surface area contributed by atoms with Crippen molar-refractivity contribution in [1.29, 1.82) is 0 Å². The van der Waals surface area contributed by atoms with Crippen LogP contribution < -0.4 is 10.1 Å². The molecule has 1 aromatic heterocycles. The van der Waals surface area contributed by atoms with Crippen molar-refractivity contribution in [3.05, 3.63) is 28.4 Å². The van der Waals surface area contributed by atoms with E-state index in [1.165, 1.54) is 38.0 Å². The van der Waals surface area contributed by atoms with Gasteiger partial charge in [-0.25, -0.2) is 4.98 Å². The molecule has 140 valence electrons. The third kappa shape index (κ3) is 3.77. The van der Waals surface area contributed by atoms with Gasteiger partial charge in [-0.1, -0.05) is 11.6 Å². The van der Waals surface area contributed by atoms with E-state index in [9.17, 15) is 0 Å². The van der Waals surface area contributed by atoms with Gasteiger partial charge in [0.25, 0.3) is 0 Å². The first-order valence-electron chi connectivity index (χ1n) is 9.94. The first kappa shape index (κ1) is 17.9. The molecule has 2 aliphatic heterocycles. The highest BCUT2D eigenvalue weighted by Crippen LogP contribution is 2.36. The van der Waals surface area contributed by atoms with Gasteiger partial charge in [-0.05, 0) is 70.2 Å².